The molecular formula is C22H21N3O3. The topological polar surface area (TPSA) is 73.2 Å². The van der Waals surface area contributed by atoms with Gasteiger partial charge in [-0.3, -0.25) is 9.59 Å². The van der Waals surface area contributed by atoms with Gasteiger partial charge in [0.1, 0.15) is 11.5 Å². The number of nitrogens with one attached hydrogen (secondary N) is 1. The van der Waals surface area contributed by atoms with E-state index in [1.807, 2.05) is 30.3 Å². The van der Waals surface area contributed by atoms with Crippen molar-refractivity contribution in [2.45, 2.75) is 25.8 Å². The molecule has 0 radical (unpaired) electrons. The Morgan fingerprint density at radius 2 is 1.79 bits per heavy atom. The lowest BCUT2D eigenvalue weighted by Crippen LogP contribution is -2.32. The van der Waals surface area contributed by atoms with Crippen LogP contribution in [0.15, 0.2) is 65.5 Å². The van der Waals surface area contributed by atoms with Gasteiger partial charge in [-0.1, -0.05) is 18.2 Å². The molecule has 4 rings (SSSR count). The maximum absolute atomic E-state index is 12.3. The van der Waals surface area contributed by atoms with Crippen molar-refractivity contribution in [1.29, 1.82) is 0 Å². The molecule has 1 aromatic heterocycles. The summed E-state index contributed by atoms with van der Waals surface area (Å²) in [7, 11) is 0. The molecule has 0 saturated carbocycles. The lowest BCUT2D eigenvalue weighted by Gasteiger charge is -2.09. The van der Waals surface area contributed by atoms with Crippen LogP contribution < -0.4 is 15.6 Å². The van der Waals surface area contributed by atoms with Gasteiger partial charge in [0.25, 0.3) is 11.5 Å². The lowest BCUT2D eigenvalue weighted by atomic mass is 10.2. The summed E-state index contributed by atoms with van der Waals surface area (Å²) in [5.74, 6) is 1.21. The van der Waals surface area contributed by atoms with Crippen molar-refractivity contribution in [3.8, 4) is 11.5 Å². The summed E-state index contributed by atoms with van der Waals surface area (Å²) >= 11 is 0. The Morgan fingerprint density at radius 1 is 1.04 bits per heavy atom. The van der Waals surface area contributed by atoms with Crippen molar-refractivity contribution in [3.63, 3.8) is 0 Å². The van der Waals surface area contributed by atoms with Crippen LogP contribution >= 0.6 is 0 Å². The number of fused-ring (bicyclic) bond motifs is 1. The number of amides is 1. The number of benzene rings is 2. The van der Waals surface area contributed by atoms with Gasteiger partial charge in [-0.05, 0) is 61.2 Å². The molecule has 0 aliphatic heterocycles. The second kappa shape index (κ2) is 8.08. The first-order valence-corrected chi connectivity index (χ1v) is 9.40. The van der Waals surface area contributed by atoms with Crippen LogP contribution in [-0.2, 0) is 19.4 Å². The molecule has 28 heavy (non-hydrogen) atoms. The van der Waals surface area contributed by atoms with Gasteiger partial charge in [-0.2, -0.15) is 5.10 Å². The van der Waals surface area contributed by atoms with Crippen molar-refractivity contribution in [1.82, 2.24) is 15.1 Å². The van der Waals surface area contributed by atoms with E-state index in [0.717, 1.165) is 36.3 Å². The fraction of sp³-hybridized carbons (Fsp3) is 0.227. The van der Waals surface area contributed by atoms with Gasteiger partial charge in [0.05, 0.1) is 12.2 Å². The van der Waals surface area contributed by atoms with Gasteiger partial charge in [-0.25, -0.2) is 4.68 Å². The third-order valence-electron chi connectivity index (χ3n) is 4.73. The Hall–Kier alpha value is -3.41. The van der Waals surface area contributed by atoms with E-state index in [2.05, 4.69) is 10.4 Å². The number of hydrogen-bond acceptors (Lipinski definition) is 4. The molecule has 0 atom stereocenters. The summed E-state index contributed by atoms with van der Waals surface area (Å²) in [5.41, 5.74) is 2.48. The Labute approximate surface area is 162 Å². The van der Waals surface area contributed by atoms with Gasteiger partial charge >= 0.3 is 0 Å². The monoisotopic (exact) mass is 375 g/mol. The first-order valence-electron chi connectivity index (χ1n) is 9.40. The maximum Gasteiger partial charge on any atom is 0.267 e. The van der Waals surface area contributed by atoms with Crippen LogP contribution in [0.2, 0.25) is 0 Å². The number of carbonyl (C=O) groups excluding carboxylic acids is 1. The zero-order chi connectivity index (χ0) is 19.3. The molecule has 142 valence electrons. The number of rotatable bonds is 6. The van der Waals surface area contributed by atoms with Gasteiger partial charge in [0.2, 0.25) is 0 Å². The van der Waals surface area contributed by atoms with Crippen LogP contribution in [0.1, 0.15) is 28.0 Å². The van der Waals surface area contributed by atoms with Gasteiger partial charge in [0.15, 0.2) is 0 Å². The number of aromatic nitrogens is 2. The van der Waals surface area contributed by atoms with E-state index in [0.29, 0.717) is 24.4 Å². The Balaban J connectivity index is 1.32. The average Bonchev–Trinajstić information content (AvgIpc) is 3.16. The van der Waals surface area contributed by atoms with Gasteiger partial charge < -0.3 is 10.1 Å². The highest BCUT2D eigenvalue weighted by Gasteiger charge is 2.14. The van der Waals surface area contributed by atoms with Crippen LogP contribution in [0.3, 0.4) is 0 Å². The summed E-state index contributed by atoms with van der Waals surface area (Å²) < 4.78 is 7.16. The molecule has 3 aromatic rings. The molecule has 6 heteroatoms. The summed E-state index contributed by atoms with van der Waals surface area (Å²) in [5, 5.41) is 7.24. The first kappa shape index (κ1) is 18.0. The fourth-order valence-corrected chi connectivity index (χ4v) is 3.28. The van der Waals surface area contributed by atoms with Crippen molar-refractivity contribution < 1.29 is 9.53 Å². The molecule has 0 saturated heterocycles. The molecule has 2 aromatic carbocycles. The summed E-state index contributed by atoms with van der Waals surface area (Å²) in [6.45, 7) is 0.694. The second-order valence-electron chi connectivity index (χ2n) is 6.73. The molecular weight excluding hydrogens is 354 g/mol. The number of hydrogen-bond donors (Lipinski definition) is 1. The summed E-state index contributed by atoms with van der Waals surface area (Å²) in [6.07, 6.45) is 2.89. The number of aryl methyl sites for hydroxylation is 2. The highest BCUT2D eigenvalue weighted by atomic mass is 16.5. The molecule has 1 N–H and O–H groups in total. The minimum absolute atomic E-state index is 0.114. The van der Waals surface area contributed by atoms with Crippen LogP contribution in [0.25, 0.3) is 0 Å². The Bertz CT molecular complexity index is 1030. The predicted molar refractivity (Wildman–Crippen MR) is 106 cm³/mol. The van der Waals surface area contributed by atoms with E-state index in [9.17, 15) is 9.59 Å². The highest BCUT2D eigenvalue weighted by molar-refractivity contribution is 5.94. The Morgan fingerprint density at radius 3 is 2.57 bits per heavy atom. The number of ether oxygens (including phenoxy) is 1. The normalized spacial score (nSPS) is 12.4. The van der Waals surface area contributed by atoms with E-state index >= 15 is 0 Å². The number of carbonyl (C=O) groups is 1. The van der Waals surface area contributed by atoms with Crippen LogP contribution in [0, 0.1) is 0 Å². The molecule has 0 spiro atoms. The molecule has 1 aliphatic carbocycles. The van der Waals surface area contributed by atoms with E-state index < -0.39 is 0 Å². The molecule has 0 bridgehead atoms. The Kier molecular flexibility index (Phi) is 5.19. The third-order valence-corrected chi connectivity index (χ3v) is 4.73. The van der Waals surface area contributed by atoms with Crippen LogP contribution in [0.5, 0.6) is 11.5 Å². The van der Waals surface area contributed by atoms with E-state index in [4.69, 9.17) is 4.74 Å². The summed E-state index contributed by atoms with van der Waals surface area (Å²) in [6, 6.07) is 18.1. The molecule has 1 heterocycles. The average molecular weight is 375 g/mol. The van der Waals surface area contributed by atoms with E-state index in [-0.39, 0.29) is 11.5 Å². The van der Waals surface area contributed by atoms with Crippen LogP contribution in [-0.4, -0.2) is 22.2 Å². The highest BCUT2D eigenvalue weighted by Crippen LogP contribution is 2.21. The van der Waals surface area contributed by atoms with Crippen molar-refractivity contribution >= 4 is 5.91 Å². The van der Waals surface area contributed by atoms with Gasteiger partial charge in [-0.15, -0.1) is 0 Å². The van der Waals surface area contributed by atoms with E-state index in [1.165, 1.54) is 4.68 Å². The van der Waals surface area contributed by atoms with E-state index in [1.54, 1.807) is 30.3 Å². The van der Waals surface area contributed by atoms with Crippen molar-refractivity contribution in [3.05, 3.63) is 87.8 Å². The molecule has 6 nitrogen and oxygen atoms in total. The number of para-hydroxylation sites is 1. The molecule has 1 aliphatic rings. The SMILES string of the molecule is O=C(NCCn1nc2c(cc1=O)CCC2)c1ccc(Oc2ccccc2)cc1. The summed E-state index contributed by atoms with van der Waals surface area (Å²) in [4.78, 5) is 24.4. The largest absolute Gasteiger partial charge is 0.457 e. The van der Waals surface area contributed by atoms with Crippen molar-refractivity contribution in [2.75, 3.05) is 6.54 Å². The zero-order valence-corrected chi connectivity index (χ0v) is 15.4. The number of nitrogens with zero attached hydrogens (tertiary/aromatic N) is 2. The second-order valence-corrected chi connectivity index (χ2v) is 6.73. The smallest absolute Gasteiger partial charge is 0.267 e. The first-order chi connectivity index (χ1) is 13.7. The predicted octanol–water partition coefficient (Wildman–Crippen LogP) is 2.95. The molecule has 0 unspecified atom stereocenters. The lowest BCUT2D eigenvalue weighted by molar-refractivity contribution is 0.0951. The van der Waals surface area contributed by atoms with Gasteiger partial charge in [0, 0.05) is 18.2 Å². The minimum atomic E-state index is -0.194. The van der Waals surface area contributed by atoms with Crippen LogP contribution in [0.4, 0.5) is 0 Å². The maximum atomic E-state index is 12.3. The molecule has 1 amide bonds. The quantitative estimate of drug-likeness (QED) is 0.719. The minimum Gasteiger partial charge on any atom is -0.457 e. The molecule has 0 fully saturated rings. The third kappa shape index (κ3) is 4.11. The van der Waals surface area contributed by atoms with Crippen molar-refractivity contribution in [2.24, 2.45) is 0 Å². The fourth-order valence-electron chi connectivity index (χ4n) is 3.28. The standard InChI is InChI=1S/C22H21N3O3/c26-21-15-17-5-4-8-20(17)24-25(21)14-13-23-22(27)16-9-11-19(12-10-16)28-18-6-2-1-3-7-18/h1-3,6-7,9-12,15H,4-5,8,13-14H2,(H,23,27). The zero-order valence-electron chi connectivity index (χ0n) is 15.4.